The summed E-state index contributed by atoms with van der Waals surface area (Å²) in [7, 11) is 0. The Morgan fingerprint density at radius 3 is 2.17 bits per heavy atom. The lowest BCUT2D eigenvalue weighted by Crippen LogP contribution is -1.86. The fourth-order valence-corrected chi connectivity index (χ4v) is 1.52. The van der Waals surface area contributed by atoms with Crippen molar-refractivity contribution in [2.24, 2.45) is 0 Å². The van der Waals surface area contributed by atoms with Gasteiger partial charge in [-0.25, -0.2) is 0 Å². The van der Waals surface area contributed by atoms with Gasteiger partial charge in [0, 0.05) is 0 Å². The van der Waals surface area contributed by atoms with Gasteiger partial charge in [0.15, 0.2) is 0 Å². The van der Waals surface area contributed by atoms with E-state index in [0.717, 1.165) is 0 Å². The lowest BCUT2D eigenvalue weighted by molar-refractivity contribution is 1.29. The summed E-state index contributed by atoms with van der Waals surface area (Å²) in [4.78, 5) is 1.89. The zero-order chi connectivity index (χ0) is 9.14. The van der Waals surface area contributed by atoms with Gasteiger partial charge in [0.05, 0.1) is 0 Å². The number of halogens is 1. The van der Waals surface area contributed by atoms with Crippen LogP contribution in [0.5, 0.6) is 0 Å². The van der Waals surface area contributed by atoms with Crippen LogP contribution in [0, 0.1) is 20.8 Å². The second-order valence-corrected chi connectivity index (χ2v) is 3.61. The van der Waals surface area contributed by atoms with Crippen LogP contribution in [0.15, 0.2) is 17.1 Å². The van der Waals surface area contributed by atoms with Crippen LogP contribution in [0.3, 0.4) is 0 Å². The Balaban J connectivity index is 3.23. The lowest BCUT2D eigenvalue weighted by atomic mass is 10.0. The Labute approximate surface area is 82.4 Å². The van der Waals surface area contributed by atoms with Crippen LogP contribution >= 0.6 is 15.9 Å². The third kappa shape index (κ3) is 1.98. The van der Waals surface area contributed by atoms with Gasteiger partial charge < -0.3 is 0 Å². The van der Waals surface area contributed by atoms with E-state index in [-0.39, 0.29) is 0 Å². The summed E-state index contributed by atoms with van der Waals surface area (Å²) in [6.07, 6.45) is 2.07. The molecular weight excluding hydrogens is 212 g/mol. The molecule has 0 aliphatic carbocycles. The molecule has 1 aromatic carbocycles. The molecule has 0 heterocycles. The first kappa shape index (κ1) is 9.53. The summed E-state index contributed by atoms with van der Waals surface area (Å²) < 4.78 is 0. The van der Waals surface area contributed by atoms with Gasteiger partial charge in [-0.15, -0.1) is 0 Å². The molecule has 0 bridgehead atoms. The van der Waals surface area contributed by atoms with Crippen LogP contribution in [0.1, 0.15) is 22.3 Å². The lowest BCUT2D eigenvalue weighted by Gasteiger charge is -2.05. The number of hydrogen-bond donors (Lipinski definition) is 0. The molecule has 0 unspecified atom stereocenters. The highest BCUT2D eigenvalue weighted by Crippen LogP contribution is 2.16. The van der Waals surface area contributed by atoms with Crippen LogP contribution in [0.2, 0.25) is 0 Å². The Kier molecular flexibility index (Phi) is 3.10. The number of hydrogen-bond acceptors (Lipinski definition) is 0. The first-order chi connectivity index (χ1) is 5.65. The summed E-state index contributed by atoms with van der Waals surface area (Å²) in [6, 6.07) is 4.43. The maximum Gasteiger partial charge on any atom is -0.0183 e. The van der Waals surface area contributed by atoms with Gasteiger partial charge >= 0.3 is 0 Å². The van der Waals surface area contributed by atoms with Crippen molar-refractivity contribution >= 4 is 22.0 Å². The van der Waals surface area contributed by atoms with Gasteiger partial charge in [-0.2, -0.15) is 0 Å². The topological polar surface area (TPSA) is 0 Å². The van der Waals surface area contributed by atoms with Crippen molar-refractivity contribution in [1.29, 1.82) is 0 Å². The molecule has 0 saturated heterocycles. The molecule has 1 rings (SSSR count). The average molecular weight is 225 g/mol. The van der Waals surface area contributed by atoms with Crippen LogP contribution in [0.25, 0.3) is 6.08 Å². The molecule has 64 valence electrons. The fourth-order valence-electron chi connectivity index (χ4n) is 1.23. The molecule has 1 heteroatoms. The summed E-state index contributed by atoms with van der Waals surface area (Å²) in [6.45, 7) is 6.42. The highest BCUT2D eigenvalue weighted by atomic mass is 79.9. The predicted octanol–water partition coefficient (Wildman–Crippen LogP) is 3.98. The second-order valence-electron chi connectivity index (χ2n) is 3.09. The van der Waals surface area contributed by atoms with E-state index in [1.54, 1.807) is 0 Å². The molecule has 0 nitrogen and oxygen atoms in total. The molecule has 12 heavy (non-hydrogen) atoms. The van der Waals surface area contributed by atoms with Crippen molar-refractivity contribution in [2.45, 2.75) is 20.8 Å². The molecule has 0 fully saturated rings. The van der Waals surface area contributed by atoms with E-state index in [2.05, 4.69) is 54.9 Å². The third-order valence-corrected chi connectivity index (χ3v) is 2.39. The van der Waals surface area contributed by atoms with E-state index in [4.69, 9.17) is 0 Å². The second kappa shape index (κ2) is 3.90. The zero-order valence-corrected chi connectivity index (χ0v) is 9.27. The monoisotopic (exact) mass is 224 g/mol. The van der Waals surface area contributed by atoms with Crippen molar-refractivity contribution in [2.75, 3.05) is 0 Å². The summed E-state index contributed by atoms with van der Waals surface area (Å²) >= 11 is 3.28. The quantitative estimate of drug-likeness (QED) is 0.678. The van der Waals surface area contributed by atoms with Crippen LogP contribution in [-0.4, -0.2) is 0 Å². The molecule has 0 N–H and O–H groups in total. The van der Waals surface area contributed by atoms with E-state index < -0.39 is 0 Å². The molecule has 0 aliphatic heterocycles. The van der Waals surface area contributed by atoms with E-state index in [9.17, 15) is 0 Å². The predicted molar refractivity (Wildman–Crippen MR) is 58.6 cm³/mol. The molecule has 0 amide bonds. The molecule has 1 aromatic rings. The molecule has 0 aliphatic rings. The van der Waals surface area contributed by atoms with Crippen LogP contribution < -0.4 is 0 Å². The van der Waals surface area contributed by atoms with E-state index in [1.165, 1.54) is 22.3 Å². The minimum atomic E-state index is 1.29. The van der Waals surface area contributed by atoms with Crippen LogP contribution in [0.4, 0.5) is 0 Å². The van der Waals surface area contributed by atoms with Gasteiger partial charge in [0.25, 0.3) is 0 Å². The van der Waals surface area contributed by atoms with E-state index in [0.29, 0.717) is 0 Å². The van der Waals surface area contributed by atoms with Crippen molar-refractivity contribution < 1.29 is 0 Å². The van der Waals surface area contributed by atoms with Crippen LogP contribution in [-0.2, 0) is 0 Å². The first-order valence-corrected chi connectivity index (χ1v) is 4.91. The van der Waals surface area contributed by atoms with Crippen molar-refractivity contribution in [3.05, 3.63) is 39.4 Å². The largest absolute Gasteiger partial charge is 0.0595 e. The molecule has 0 atom stereocenters. The fraction of sp³-hybridized carbons (Fsp3) is 0.273. The first-order valence-electron chi connectivity index (χ1n) is 3.99. The standard InChI is InChI=1S/C11H13Br/c1-8-6-10(3)11(4-5-12)7-9(8)2/h4-7H,1-3H3. The molecule has 0 radical (unpaired) electrons. The molecule has 0 spiro atoms. The summed E-state index contributed by atoms with van der Waals surface area (Å²) in [5, 5.41) is 0. The SMILES string of the molecule is Cc1cc(C)c(C=CBr)cc1C. The summed E-state index contributed by atoms with van der Waals surface area (Å²) in [5.41, 5.74) is 5.32. The number of benzene rings is 1. The Morgan fingerprint density at radius 1 is 1.00 bits per heavy atom. The molecule has 0 aromatic heterocycles. The minimum absolute atomic E-state index is 1.29. The highest BCUT2D eigenvalue weighted by Gasteiger charge is 1.97. The van der Waals surface area contributed by atoms with Gasteiger partial charge in [-0.1, -0.05) is 28.1 Å². The van der Waals surface area contributed by atoms with Gasteiger partial charge in [-0.05, 0) is 54.1 Å². The van der Waals surface area contributed by atoms with E-state index >= 15 is 0 Å². The van der Waals surface area contributed by atoms with E-state index in [1.807, 2.05) is 4.99 Å². The smallest absolute Gasteiger partial charge is 0.0183 e. The Morgan fingerprint density at radius 2 is 1.58 bits per heavy atom. The molecule has 0 saturated carbocycles. The van der Waals surface area contributed by atoms with Gasteiger partial charge in [0.1, 0.15) is 0 Å². The third-order valence-electron chi connectivity index (χ3n) is 2.12. The number of rotatable bonds is 1. The van der Waals surface area contributed by atoms with Gasteiger partial charge in [-0.3, -0.25) is 0 Å². The molecular formula is C11H13Br. The van der Waals surface area contributed by atoms with Gasteiger partial charge in [0.2, 0.25) is 0 Å². The van der Waals surface area contributed by atoms with Crippen molar-refractivity contribution in [3.8, 4) is 0 Å². The average Bonchev–Trinajstić information content (AvgIpc) is 2.01. The normalized spacial score (nSPS) is 11.0. The van der Waals surface area contributed by atoms with Crippen molar-refractivity contribution in [3.63, 3.8) is 0 Å². The number of aryl methyl sites for hydroxylation is 3. The maximum atomic E-state index is 3.28. The Hall–Kier alpha value is -0.560. The Bertz CT molecular complexity index is 311. The minimum Gasteiger partial charge on any atom is -0.0595 e. The maximum absolute atomic E-state index is 3.28. The summed E-state index contributed by atoms with van der Waals surface area (Å²) in [5.74, 6) is 0. The highest BCUT2D eigenvalue weighted by molar-refractivity contribution is 9.11. The zero-order valence-electron chi connectivity index (χ0n) is 7.69. The van der Waals surface area contributed by atoms with Crippen molar-refractivity contribution in [1.82, 2.24) is 0 Å².